The van der Waals surface area contributed by atoms with Crippen LogP contribution in [0.1, 0.15) is 5.56 Å². The molecule has 0 aliphatic carbocycles. The number of benzene rings is 1. The van der Waals surface area contributed by atoms with Crippen LogP contribution in [-0.4, -0.2) is 24.8 Å². The van der Waals surface area contributed by atoms with Crippen LogP contribution in [0.4, 0.5) is 10.2 Å². The first-order valence-corrected chi connectivity index (χ1v) is 9.21. The predicted octanol–water partition coefficient (Wildman–Crippen LogP) is 4.17. The maximum Gasteiger partial charge on any atom is 0.210 e. The molecule has 9 heteroatoms. The van der Waals surface area contributed by atoms with Gasteiger partial charge in [0.25, 0.3) is 0 Å². The van der Waals surface area contributed by atoms with Crippen molar-refractivity contribution in [3.05, 3.63) is 58.6 Å². The maximum absolute atomic E-state index is 13.5. The Kier molecular flexibility index (Phi) is 3.50. The molecule has 5 rings (SSSR count). The summed E-state index contributed by atoms with van der Waals surface area (Å²) in [5, 5.41) is 10.0. The third-order valence-electron chi connectivity index (χ3n) is 4.12. The van der Waals surface area contributed by atoms with Crippen LogP contribution in [0, 0.1) is 10.5 Å². The number of anilines is 1. The van der Waals surface area contributed by atoms with Crippen LogP contribution in [-0.2, 0) is 5.75 Å². The molecule has 0 bridgehead atoms. The maximum atomic E-state index is 13.5. The zero-order valence-electron chi connectivity index (χ0n) is 13.2. The van der Waals surface area contributed by atoms with E-state index >= 15 is 0 Å². The fourth-order valence-electron chi connectivity index (χ4n) is 2.88. The smallest absolute Gasteiger partial charge is 0.210 e. The minimum Gasteiger partial charge on any atom is -0.352 e. The summed E-state index contributed by atoms with van der Waals surface area (Å²) < 4.78 is 15.9. The molecule has 0 radical (unpaired) electrons. The number of thioether (sulfide) groups is 1. The van der Waals surface area contributed by atoms with Crippen molar-refractivity contribution >= 4 is 40.7 Å². The topological polar surface area (TPSA) is 71.4 Å². The average Bonchev–Trinajstić information content (AvgIpc) is 2.94. The van der Waals surface area contributed by atoms with Gasteiger partial charge in [0.1, 0.15) is 16.3 Å². The Balaban J connectivity index is 1.66. The van der Waals surface area contributed by atoms with E-state index in [2.05, 4.69) is 25.6 Å². The van der Waals surface area contributed by atoms with Crippen molar-refractivity contribution in [2.45, 2.75) is 10.9 Å². The van der Waals surface area contributed by atoms with Crippen molar-refractivity contribution in [3.8, 4) is 11.4 Å². The van der Waals surface area contributed by atoms with E-state index in [4.69, 9.17) is 12.2 Å². The highest BCUT2D eigenvalue weighted by Gasteiger charge is 2.21. The minimum atomic E-state index is -0.272. The predicted molar refractivity (Wildman–Crippen MR) is 101 cm³/mol. The summed E-state index contributed by atoms with van der Waals surface area (Å²) in [6.45, 7) is 0. The van der Waals surface area contributed by atoms with Gasteiger partial charge in [-0.15, -0.1) is 10.2 Å². The van der Waals surface area contributed by atoms with Gasteiger partial charge < -0.3 is 4.98 Å². The van der Waals surface area contributed by atoms with Crippen molar-refractivity contribution in [1.82, 2.24) is 24.8 Å². The van der Waals surface area contributed by atoms with Crippen LogP contribution >= 0.6 is 24.0 Å². The lowest BCUT2D eigenvalue weighted by molar-refractivity contribution is 0.629. The zero-order valence-corrected chi connectivity index (χ0v) is 14.9. The van der Waals surface area contributed by atoms with Crippen LogP contribution < -0.4 is 5.43 Å². The molecule has 2 N–H and O–H groups in total. The first kappa shape index (κ1) is 15.5. The summed E-state index contributed by atoms with van der Waals surface area (Å²) >= 11 is 6.91. The fourth-order valence-corrected chi connectivity index (χ4v) is 3.97. The van der Waals surface area contributed by atoms with Gasteiger partial charge in [0, 0.05) is 22.9 Å². The van der Waals surface area contributed by atoms with E-state index < -0.39 is 0 Å². The number of hydrogen-bond donors (Lipinski definition) is 2. The highest BCUT2D eigenvalue weighted by molar-refractivity contribution is 7.98. The summed E-state index contributed by atoms with van der Waals surface area (Å²) in [7, 11) is 0. The molecule has 6 nitrogen and oxygen atoms in total. The normalized spacial score (nSPS) is 13.0. The van der Waals surface area contributed by atoms with Crippen LogP contribution in [0.25, 0.3) is 22.3 Å². The number of aromatic nitrogens is 5. The number of pyridine rings is 2. The van der Waals surface area contributed by atoms with E-state index in [0.717, 1.165) is 22.0 Å². The van der Waals surface area contributed by atoms with E-state index in [-0.39, 0.29) is 5.82 Å². The van der Waals surface area contributed by atoms with Gasteiger partial charge in [-0.05, 0) is 36.4 Å². The summed E-state index contributed by atoms with van der Waals surface area (Å²) in [4.78, 5) is 7.66. The molecule has 128 valence electrons. The van der Waals surface area contributed by atoms with Crippen LogP contribution in [0.2, 0.25) is 0 Å². The lowest BCUT2D eigenvalue weighted by Crippen LogP contribution is -2.13. The van der Waals surface area contributed by atoms with Gasteiger partial charge >= 0.3 is 0 Å². The molecule has 3 aromatic heterocycles. The summed E-state index contributed by atoms with van der Waals surface area (Å²) in [6.07, 6.45) is 1.77. The molecular weight excluding hydrogens is 371 g/mol. The third-order valence-corrected chi connectivity index (χ3v) is 5.44. The molecule has 26 heavy (non-hydrogen) atoms. The first-order chi connectivity index (χ1) is 12.7. The second kappa shape index (κ2) is 5.89. The lowest BCUT2D eigenvalue weighted by Gasteiger charge is -2.12. The Labute approximate surface area is 156 Å². The van der Waals surface area contributed by atoms with E-state index in [0.29, 0.717) is 27.2 Å². The Bertz CT molecular complexity index is 1220. The Hall–Kier alpha value is -2.78. The number of halogens is 1. The quantitative estimate of drug-likeness (QED) is 0.482. The SMILES string of the molecule is Fc1ccc2nc3c(cc2c1)CSc1nnc(-c2ccc[nH]c2=S)n1N3. The van der Waals surface area contributed by atoms with E-state index in [1.165, 1.54) is 23.9 Å². The lowest BCUT2D eigenvalue weighted by atomic mass is 10.1. The molecule has 4 aromatic rings. The molecule has 0 saturated carbocycles. The fraction of sp³-hybridized carbons (Fsp3) is 0.0588. The second-order valence-corrected chi connectivity index (χ2v) is 7.14. The number of nitrogens with zero attached hydrogens (tertiary/aromatic N) is 4. The Morgan fingerprint density at radius 2 is 2.12 bits per heavy atom. The number of nitrogens with one attached hydrogen (secondary N) is 2. The number of aromatic amines is 1. The number of fused-ring (bicyclic) bond motifs is 3. The highest BCUT2D eigenvalue weighted by Crippen LogP contribution is 2.33. The van der Waals surface area contributed by atoms with Crippen LogP contribution in [0.15, 0.2) is 47.8 Å². The van der Waals surface area contributed by atoms with Crippen molar-refractivity contribution in [3.63, 3.8) is 0 Å². The van der Waals surface area contributed by atoms with Crippen molar-refractivity contribution < 1.29 is 4.39 Å². The first-order valence-electron chi connectivity index (χ1n) is 7.81. The van der Waals surface area contributed by atoms with Gasteiger partial charge in [-0.2, -0.15) is 0 Å². The molecule has 0 saturated heterocycles. The molecule has 1 aliphatic heterocycles. The van der Waals surface area contributed by atoms with E-state index in [9.17, 15) is 4.39 Å². The molecule has 0 amide bonds. The minimum absolute atomic E-state index is 0.272. The molecule has 0 unspecified atom stereocenters. The Morgan fingerprint density at radius 1 is 1.19 bits per heavy atom. The highest BCUT2D eigenvalue weighted by atomic mass is 32.2. The molecule has 0 spiro atoms. The second-order valence-electron chi connectivity index (χ2n) is 5.79. The molecular formula is C17H11FN6S2. The van der Waals surface area contributed by atoms with Gasteiger partial charge in [-0.25, -0.2) is 14.1 Å². The van der Waals surface area contributed by atoms with Crippen molar-refractivity contribution in [1.29, 1.82) is 0 Å². The number of H-pyrrole nitrogens is 1. The van der Waals surface area contributed by atoms with Crippen LogP contribution in [0.3, 0.4) is 0 Å². The molecule has 0 atom stereocenters. The van der Waals surface area contributed by atoms with Crippen LogP contribution in [0.5, 0.6) is 0 Å². The largest absolute Gasteiger partial charge is 0.352 e. The molecule has 4 heterocycles. The summed E-state index contributed by atoms with van der Waals surface area (Å²) in [5.41, 5.74) is 5.76. The number of hydrogen-bond acceptors (Lipinski definition) is 6. The number of rotatable bonds is 1. The monoisotopic (exact) mass is 382 g/mol. The van der Waals surface area contributed by atoms with Gasteiger partial charge in [0.15, 0.2) is 5.82 Å². The van der Waals surface area contributed by atoms with Gasteiger partial charge in [0.05, 0.1) is 11.1 Å². The molecule has 1 aliphatic rings. The van der Waals surface area contributed by atoms with Crippen molar-refractivity contribution in [2.24, 2.45) is 0 Å². The van der Waals surface area contributed by atoms with E-state index in [1.54, 1.807) is 16.9 Å². The van der Waals surface area contributed by atoms with Gasteiger partial charge in [0.2, 0.25) is 5.16 Å². The summed E-state index contributed by atoms with van der Waals surface area (Å²) in [5.74, 6) is 1.69. The van der Waals surface area contributed by atoms with Crippen molar-refractivity contribution in [2.75, 3.05) is 5.43 Å². The summed E-state index contributed by atoms with van der Waals surface area (Å²) in [6, 6.07) is 10.3. The molecule has 0 fully saturated rings. The third kappa shape index (κ3) is 2.47. The Morgan fingerprint density at radius 3 is 3.00 bits per heavy atom. The molecule has 1 aromatic carbocycles. The average molecular weight is 382 g/mol. The van der Waals surface area contributed by atoms with E-state index in [1.807, 2.05) is 18.2 Å². The van der Waals surface area contributed by atoms with Gasteiger partial charge in [-0.1, -0.05) is 24.0 Å². The van der Waals surface area contributed by atoms with Gasteiger partial charge in [-0.3, -0.25) is 5.43 Å². The zero-order chi connectivity index (χ0) is 17.7. The standard InChI is InChI=1S/C17H11FN6S2/c18-11-3-4-13-9(7-11)6-10-8-26-17-22-21-15(24(17)23-14(10)20-13)12-2-1-5-19-16(12)25/h1-7H,8H2,(H,19,25)(H,20,23).